The van der Waals surface area contributed by atoms with Gasteiger partial charge in [-0.05, 0) is 38.1 Å². The first-order chi connectivity index (χ1) is 14.1. The molecule has 0 unspecified atom stereocenters. The Hall–Kier alpha value is -2.53. The van der Waals surface area contributed by atoms with Crippen LogP contribution < -0.4 is 5.32 Å². The minimum Gasteiger partial charge on any atom is -0.373 e. The Morgan fingerprint density at radius 2 is 1.83 bits per heavy atom. The number of hydrogen-bond donors (Lipinski definition) is 1. The zero-order valence-corrected chi connectivity index (χ0v) is 17.8. The average molecular weight is 454 g/mol. The molecule has 3 rings (SSSR count). The lowest BCUT2D eigenvalue weighted by atomic mass is 10.2. The molecule has 1 amide bonds. The third-order valence-electron chi connectivity index (χ3n) is 4.56. The van der Waals surface area contributed by atoms with E-state index in [1.165, 1.54) is 46.8 Å². The molecule has 30 heavy (non-hydrogen) atoms. The second kappa shape index (κ2) is 8.68. The van der Waals surface area contributed by atoms with Crippen LogP contribution in [0.2, 0.25) is 5.02 Å². The van der Waals surface area contributed by atoms with Crippen LogP contribution in [0.25, 0.3) is 0 Å². The number of halogens is 1. The number of amides is 1. The third kappa shape index (κ3) is 4.62. The van der Waals surface area contributed by atoms with Crippen LogP contribution in [-0.2, 0) is 14.8 Å². The van der Waals surface area contributed by atoms with Gasteiger partial charge in [-0.15, -0.1) is 0 Å². The third-order valence-corrected chi connectivity index (χ3v) is 6.71. The van der Waals surface area contributed by atoms with Crippen molar-refractivity contribution >= 4 is 38.9 Å². The fourth-order valence-corrected chi connectivity index (χ4v) is 5.06. The molecule has 0 radical (unpaired) electrons. The molecular formula is C19H20ClN3O6S. The minimum absolute atomic E-state index is 0.0207. The van der Waals surface area contributed by atoms with Gasteiger partial charge in [0.05, 0.1) is 32.6 Å². The summed E-state index contributed by atoms with van der Waals surface area (Å²) in [6, 6.07) is 9.44. The first-order valence-electron chi connectivity index (χ1n) is 9.09. The van der Waals surface area contributed by atoms with Gasteiger partial charge in [-0.2, -0.15) is 4.31 Å². The SMILES string of the molecule is C[C@H]1CN(S(=O)(=O)c2ccc(Cl)c(C(=O)Nc3ccccc3[N+](=O)[O-])c2)C[C@H](C)O1. The maximum absolute atomic E-state index is 13.1. The molecule has 0 bridgehead atoms. The predicted octanol–water partition coefficient (Wildman–Crippen LogP) is 3.30. The molecule has 1 aliphatic rings. The number of para-hydroxylation sites is 2. The number of carbonyl (C=O) groups excluding carboxylic acids is 1. The molecule has 11 heteroatoms. The number of nitro groups is 1. The molecule has 1 N–H and O–H groups in total. The van der Waals surface area contributed by atoms with Crippen molar-refractivity contribution < 1.29 is 22.9 Å². The number of rotatable bonds is 5. The van der Waals surface area contributed by atoms with Crippen molar-refractivity contribution in [3.8, 4) is 0 Å². The van der Waals surface area contributed by atoms with Crippen molar-refractivity contribution in [2.24, 2.45) is 0 Å². The van der Waals surface area contributed by atoms with Crippen LogP contribution in [0.4, 0.5) is 11.4 Å². The second-order valence-corrected chi connectivity index (χ2v) is 9.29. The molecule has 160 valence electrons. The van der Waals surface area contributed by atoms with Gasteiger partial charge in [0.2, 0.25) is 10.0 Å². The van der Waals surface area contributed by atoms with Crippen LogP contribution in [0.5, 0.6) is 0 Å². The fourth-order valence-electron chi connectivity index (χ4n) is 3.24. The van der Waals surface area contributed by atoms with Gasteiger partial charge < -0.3 is 10.1 Å². The van der Waals surface area contributed by atoms with Gasteiger partial charge in [0.25, 0.3) is 11.6 Å². The van der Waals surface area contributed by atoms with Crippen LogP contribution in [0.1, 0.15) is 24.2 Å². The summed E-state index contributed by atoms with van der Waals surface area (Å²) < 4.78 is 33.0. The molecule has 1 fully saturated rings. The Morgan fingerprint density at radius 1 is 1.20 bits per heavy atom. The molecule has 1 heterocycles. The van der Waals surface area contributed by atoms with Gasteiger partial charge in [0.15, 0.2) is 0 Å². The van der Waals surface area contributed by atoms with Crippen LogP contribution in [0.3, 0.4) is 0 Å². The van der Waals surface area contributed by atoms with Crippen molar-refractivity contribution in [2.45, 2.75) is 31.0 Å². The molecule has 1 saturated heterocycles. The summed E-state index contributed by atoms with van der Waals surface area (Å²) in [5.74, 6) is -0.755. The molecule has 0 aromatic heterocycles. The van der Waals surface area contributed by atoms with Crippen molar-refractivity contribution in [1.29, 1.82) is 0 Å². The van der Waals surface area contributed by atoms with Gasteiger partial charge in [-0.3, -0.25) is 14.9 Å². The lowest BCUT2D eigenvalue weighted by molar-refractivity contribution is -0.383. The number of nitrogens with one attached hydrogen (secondary N) is 1. The van der Waals surface area contributed by atoms with Gasteiger partial charge in [0.1, 0.15) is 5.69 Å². The quantitative estimate of drug-likeness (QED) is 0.548. The van der Waals surface area contributed by atoms with E-state index in [0.717, 1.165) is 0 Å². The van der Waals surface area contributed by atoms with E-state index >= 15 is 0 Å². The number of nitrogens with zero attached hydrogens (tertiary/aromatic N) is 2. The average Bonchev–Trinajstić information content (AvgIpc) is 2.67. The van der Waals surface area contributed by atoms with Crippen LogP contribution in [-0.4, -0.2) is 48.9 Å². The van der Waals surface area contributed by atoms with Gasteiger partial charge in [-0.25, -0.2) is 8.42 Å². The van der Waals surface area contributed by atoms with Gasteiger partial charge >= 0.3 is 0 Å². The Kier molecular flexibility index (Phi) is 6.41. The fraction of sp³-hybridized carbons (Fsp3) is 0.316. The molecular weight excluding hydrogens is 434 g/mol. The zero-order chi connectivity index (χ0) is 22.1. The number of sulfonamides is 1. The van der Waals surface area contributed by atoms with E-state index in [1.54, 1.807) is 13.8 Å². The topological polar surface area (TPSA) is 119 Å². The van der Waals surface area contributed by atoms with E-state index in [1.807, 2.05) is 0 Å². The number of hydrogen-bond acceptors (Lipinski definition) is 6. The number of ether oxygens (including phenoxy) is 1. The summed E-state index contributed by atoms with van der Waals surface area (Å²) in [4.78, 5) is 23.2. The first-order valence-corrected chi connectivity index (χ1v) is 10.9. The molecule has 2 atom stereocenters. The molecule has 0 saturated carbocycles. The van der Waals surface area contributed by atoms with Crippen molar-refractivity contribution in [3.05, 3.63) is 63.2 Å². The highest BCUT2D eigenvalue weighted by molar-refractivity contribution is 7.89. The van der Waals surface area contributed by atoms with Gasteiger partial charge in [0, 0.05) is 19.2 Å². The number of benzene rings is 2. The Morgan fingerprint density at radius 3 is 2.47 bits per heavy atom. The lowest BCUT2D eigenvalue weighted by Crippen LogP contribution is -2.48. The summed E-state index contributed by atoms with van der Waals surface area (Å²) in [5.41, 5.74) is -0.417. The Bertz CT molecular complexity index is 1080. The number of carbonyl (C=O) groups is 1. The molecule has 1 aliphatic heterocycles. The van der Waals surface area contributed by atoms with Gasteiger partial charge in [-0.1, -0.05) is 23.7 Å². The van der Waals surface area contributed by atoms with Crippen LogP contribution in [0, 0.1) is 10.1 Å². The van der Waals surface area contributed by atoms with Crippen molar-refractivity contribution in [1.82, 2.24) is 4.31 Å². The monoisotopic (exact) mass is 453 g/mol. The summed E-state index contributed by atoms with van der Waals surface area (Å²) in [6.45, 7) is 3.94. The number of nitro benzene ring substituents is 1. The van der Waals surface area contributed by atoms with Crippen molar-refractivity contribution in [2.75, 3.05) is 18.4 Å². The highest BCUT2D eigenvalue weighted by Crippen LogP contribution is 2.28. The summed E-state index contributed by atoms with van der Waals surface area (Å²) in [6.07, 6.45) is -0.533. The van der Waals surface area contributed by atoms with Crippen molar-refractivity contribution in [3.63, 3.8) is 0 Å². The highest BCUT2D eigenvalue weighted by Gasteiger charge is 2.33. The summed E-state index contributed by atoms with van der Waals surface area (Å²) in [7, 11) is -3.89. The number of morpholine rings is 1. The molecule has 9 nitrogen and oxygen atoms in total. The standard InChI is InChI=1S/C19H20ClN3O6S/c1-12-10-22(11-13(2)29-12)30(27,28)14-7-8-16(20)15(9-14)19(24)21-17-5-3-4-6-18(17)23(25)26/h3-9,12-13H,10-11H2,1-2H3,(H,21,24)/t12-,13-/m0/s1. The van der Waals surface area contributed by atoms with E-state index in [-0.39, 0.29) is 52.2 Å². The van der Waals surface area contributed by atoms with E-state index in [2.05, 4.69) is 5.32 Å². The maximum Gasteiger partial charge on any atom is 0.292 e. The Balaban J connectivity index is 1.92. The molecule has 0 aliphatic carbocycles. The molecule has 2 aromatic carbocycles. The smallest absolute Gasteiger partial charge is 0.292 e. The summed E-state index contributed by atoms with van der Waals surface area (Å²) >= 11 is 6.12. The second-order valence-electron chi connectivity index (χ2n) is 6.95. The van der Waals surface area contributed by atoms with E-state index in [9.17, 15) is 23.3 Å². The molecule has 0 spiro atoms. The van der Waals surface area contributed by atoms with E-state index < -0.39 is 20.9 Å². The Labute approximate surface area is 178 Å². The first kappa shape index (κ1) is 22.2. The number of anilines is 1. The molecule has 2 aromatic rings. The van der Waals surface area contributed by atoms with Crippen LogP contribution in [0.15, 0.2) is 47.4 Å². The normalized spacial score (nSPS) is 20.0. The lowest BCUT2D eigenvalue weighted by Gasteiger charge is -2.34. The minimum atomic E-state index is -3.89. The summed E-state index contributed by atoms with van der Waals surface area (Å²) in [5, 5.41) is 13.6. The van der Waals surface area contributed by atoms with Crippen LogP contribution >= 0.6 is 11.6 Å². The highest BCUT2D eigenvalue weighted by atomic mass is 35.5. The zero-order valence-electron chi connectivity index (χ0n) is 16.2. The van der Waals surface area contributed by atoms with E-state index in [4.69, 9.17) is 16.3 Å². The predicted molar refractivity (Wildman–Crippen MR) is 111 cm³/mol. The largest absolute Gasteiger partial charge is 0.373 e. The van der Waals surface area contributed by atoms with E-state index in [0.29, 0.717) is 0 Å². The maximum atomic E-state index is 13.1.